The zero-order valence-corrected chi connectivity index (χ0v) is 6.90. The third-order valence-electron chi connectivity index (χ3n) is 1.98. The molecule has 0 amide bonds. The van der Waals surface area contributed by atoms with Crippen molar-refractivity contribution in [2.24, 2.45) is 0 Å². The molecule has 12 heavy (non-hydrogen) atoms. The van der Waals surface area contributed by atoms with Gasteiger partial charge in [0.1, 0.15) is 6.26 Å². The molecule has 66 valence electrons. The molecule has 0 aromatic carbocycles. The van der Waals surface area contributed by atoms with E-state index in [-0.39, 0.29) is 0 Å². The Hall–Kier alpha value is -0.870. The fourth-order valence-corrected chi connectivity index (χ4v) is 1.31. The molecule has 1 aliphatic heterocycles. The van der Waals surface area contributed by atoms with Crippen molar-refractivity contribution in [2.45, 2.75) is 6.54 Å². The lowest BCUT2D eigenvalue weighted by Gasteiger charge is -2.25. The highest BCUT2D eigenvalue weighted by Gasteiger charge is 2.11. The van der Waals surface area contributed by atoms with Gasteiger partial charge in [-0.05, 0) is 0 Å². The molecular formula is C8H12N2O2. The van der Waals surface area contributed by atoms with Crippen molar-refractivity contribution in [3.05, 3.63) is 18.0 Å². The van der Waals surface area contributed by atoms with E-state index in [1.165, 1.54) is 0 Å². The van der Waals surface area contributed by atoms with Crippen LogP contribution in [0.4, 0.5) is 0 Å². The molecule has 1 aliphatic rings. The minimum atomic E-state index is 0.831. The highest BCUT2D eigenvalue weighted by Crippen LogP contribution is 2.03. The third kappa shape index (κ3) is 1.84. The van der Waals surface area contributed by atoms with Gasteiger partial charge in [0.15, 0.2) is 0 Å². The van der Waals surface area contributed by atoms with Crippen molar-refractivity contribution in [2.75, 3.05) is 26.3 Å². The van der Waals surface area contributed by atoms with Crippen LogP contribution in [0.1, 0.15) is 5.69 Å². The van der Waals surface area contributed by atoms with Gasteiger partial charge in [0.25, 0.3) is 0 Å². The van der Waals surface area contributed by atoms with Gasteiger partial charge in [-0.1, -0.05) is 5.16 Å². The predicted octanol–water partition coefficient (Wildman–Crippen LogP) is 0.507. The Kier molecular flexibility index (Phi) is 2.39. The first-order valence-corrected chi connectivity index (χ1v) is 4.14. The summed E-state index contributed by atoms with van der Waals surface area (Å²) in [6.45, 7) is 4.52. The van der Waals surface area contributed by atoms with Crippen molar-refractivity contribution >= 4 is 0 Å². The lowest BCUT2D eigenvalue weighted by Crippen LogP contribution is -2.35. The van der Waals surface area contributed by atoms with Crippen LogP contribution in [0, 0.1) is 0 Å². The molecule has 0 spiro atoms. The number of hydrogen-bond donors (Lipinski definition) is 0. The molecular weight excluding hydrogens is 156 g/mol. The van der Waals surface area contributed by atoms with Gasteiger partial charge in [-0.15, -0.1) is 0 Å². The van der Waals surface area contributed by atoms with Gasteiger partial charge in [-0.25, -0.2) is 0 Å². The maximum Gasteiger partial charge on any atom is 0.124 e. The predicted molar refractivity (Wildman–Crippen MR) is 42.6 cm³/mol. The van der Waals surface area contributed by atoms with E-state index in [9.17, 15) is 0 Å². The Morgan fingerprint density at radius 2 is 2.25 bits per heavy atom. The van der Waals surface area contributed by atoms with Crippen LogP contribution in [0.25, 0.3) is 0 Å². The summed E-state index contributed by atoms with van der Waals surface area (Å²) >= 11 is 0. The molecule has 0 atom stereocenters. The Bertz CT molecular complexity index is 217. The van der Waals surface area contributed by atoms with Crippen molar-refractivity contribution in [1.29, 1.82) is 0 Å². The highest BCUT2D eigenvalue weighted by molar-refractivity contribution is 4.94. The maximum absolute atomic E-state index is 5.23. The summed E-state index contributed by atoms with van der Waals surface area (Å²) in [5.74, 6) is 0. The number of nitrogens with zero attached hydrogens (tertiary/aromatic N) is 2. The molecule has 0 bridgehead atoms. The van der Waals surface area contributed by atoms with Crippen LogP contribution in [0.2, 0.25) is 0 Å². The van der Waals surface area contributed by atoms with Crippen molar-refractivity contribution in [3.63, 3.8) is 0 Å². The fourth-order valence-electron chi connectivity index (χ4n) is 1.31. The van der Waals surface area contributed by atoms with Crippen molar-refractivity contribution < 1.29 is 9.26 Å². The summed E-state index contributed by atoms with van der Waals surface area (Å²) in [7, 11) is 0. The standard InChI is InChI=1S/C8H12N2O2/c1-4-12-9-8(1)7-10-2-5-11-6-3-10/h1,4H,2-3,5-7H2. The summed E-state index contributed by atoms with van der Waals surface area (Å²) in [4.78, 5) is 2.31. The smallest absolute Gasteiger partial charge is 0.124 e. The van der Waals surface area contributed by atoms with Gasteiger partial charge < -0.3 is 9.26 Å². The summed E-state index contributed by atoms with van der Waals surface area (Å²) in [6, 6.07) is 1.90. The Balaban J connectivity index is 1.86. The van der Waals surface area contributed by atoms with Crippen LogP contribution < -0.4 is 0 Å². The van der Waals surface area contributed by atoms with Crippen molar-refractivity contribution in [3.8, 4) is 0 Å². The van der Waals surface area contributed by atoms with Gasteiger partial charge in [0.2, 0.25) is 0 Å². The Labute approximate surface area is 71.1 Å². The Morgan fingerprint density at radius 1 is 1.42 bits per heavy atom. The molecule has 0 aliphatic carbocycles. The Morgan fingerprint density at radius 3 is 2.92 bits per heavy atom. The summed E-state index contributed by atoms with van der Waals surface area (Å²) in [6.07, 6.45) is 1.61. The normalized spacial score (nSPS) is 19.7. The monoisotopic (exact) mass is 168 g/mol. The van der Waals surface area contributed by atoms with Crippen LogP contribution in [0.5, 0.6) is 0 Å². The zero-order valence-electron chi connectivity index (χ0n) is 6.90. The van der Waals surface area contributed by atoms with Crippen LogP contribution in [-0.4, -0.2) is 36.4 Å². The quantitative estimate of drug-likeness (QED) is 0.644. The first-order chi connectivity index (χ1) is 5.95. The van der Waals surface area contributed by atoms with Gasteiger partial charge in [0.05, 0.1) is 18.9 Å². The van der Waals surface area contributed by atoms with E-state index in [1.807, 2.05) is 6.07 Å². The number of ether oxygens (including phenoxy) is 1. The number of aromatic nitrogens is 1. The molecule has 1 aromatic heterocycles. The van der Waals surface area contributed by atoms with Crippen molar-refractivity contribution in [1.82, 2.24) is 10.1 Å². The maximum atomic E-state index is 5.23. The van der Waals surface area contributed by atoms with Gasteiger partial charge in [0, 0.05) is 25.7 Å². The minimum Gasteiger partial charge on any atom is -0.379 e. The zero-order chi connectivity index (χ0) is 8.23. The molecule has 4 heteroatoms. The molecule has 0 radical (unpaired) electrons. The second-order valence-electron chi connectivity index (χ2n) is 2.88. The summed E-state index contributed by atoms with van der Waals surface area (Å²) in [5.41, 5.74) is 0.997. The topological polar surface area (TPSA) is 38.5 Å². The lowest BCUT2D eigenvalue weighted by molar-refractivity contribution is 0.0332. The molecule has 1 aromatic rings. The van der Waals surface area contributed by atoms with Crippen LogP contribution in [0.15, 0.2) is 16.9 Å². The molecule has 0 N–H and O–H groups in total. The lowest BCUT2D eigenvalue weighted by atomic mass is 10.3. The third-order valence-corrected chi connectivity index (χ3v) is 1.98. The van der Waals surface area contributed by atoms with E-state index < -0.39 is 0 Å². The average molecular weight is 168 g/mol. The largest absolute Gasteiger partial charge is 0.379 e. The van der Waals surface area contributed by atoms with E-state index in [0.29, 0.717) is 0 Å². The molecule has 2 heterocycles. The van der Waals surface area contributed by atoms with Gasteiger partial charge in [-0.2, -0.15) is 0 Å². The SMILES string of the molecule is c1cc(CN2CCOCC2)no1. The number of hydrogen-bond acceptors (Lipinski definition) is 4. The summed E-state index contributed by atoms with van der Waals surface area (Å²) < 4.78 is 9.98. The second-order valence-corrected chi connectivity index (χ2v) is 2.88. The number of rotatable bonds is 2. The minimum absolute atomic E-state index is 0.831. The van der Waals surface area contributed by atoms with E-state index in [0.717, 1.165) is 38.5 Å². The highest BCUT2D eigenvalue weighted by atomic mass is 16.5. The van der Waals surface area contributed by atoms with Crippen LogP contribution in [0.3, 0.4) is 0 Å². The molecule has 4 nitrogen and oxygen atoms in total. The average Bonchev–Trinajstić information content (AvgIpc) is 2.59. The van der Waals surface area contributed by atoms with E-state index >= 15 is 0 Å². The van der Waals surface area contributed by atoms with Crippen LogP contribution in [-0.2, 0) is 11.3 Å². The number of morpholine rings is 1. The molecule has 2 rings (SSSR count). The molecule has 1 saturated heterocycles. The molecule has 1 fully saturated rings. The molecule has 0 unspecified atom stereocenters. The van der Waals surface area contributed by atoms with Crippen LogP contribution >= 0.6 is 0 Å². The first-order valence-electron chi connectivity index (χ1n) is 4.14. The molecule has 0 saturated carbocycles. The van der Waals surface area contributed by atoms with E-state index in [1.54, 1.807) is 6.26 Å². The second kappa shape index (κ2) is 3.69. The van der Waals surface area contributed by atoms with E-state index in [4.69, 9.17) is 9.26 Å². The van der Waals surface area contributed by atoms with Gasteiger partial charge in [-0.3, -0.25) is 4.90 Å². The van der Waals surface area contributed by atoms with Gasteiger partial charge >= 0.3 is 0 Å². The summed E-state index contributed by atoms with van der Waals surface area (Å²) in [5, 5.41) is 3.85. The first kappa shape index (κ1) is 7.76. The fraction of sp³-hybridized carbons (Fsp3) is 0.625. The van der Waals surface area contributed by atoms with E-state index in [2.05, 4.69) is 10.1 Å².